The fourth-order valence-electron chi connectivity index (χ4n) is 2.76. The molecule has 3 heteroatoms. The molecule has 1 heterocycles. The number of benzene rings is 1. The average molecular weight is 286 g/mol. The van der Waals surface area contributed by atoms with Crippen LogP contribution in [0.15, 0.2) is 24.4 Å². The van der Waals surface area contributed by atoms with E-state index in [1.807, 2.05) is 6.92 Å². The van der Waals surface area contributed by atoms with Gasteiger partial charge in [0.2, 0.25) is 5.91 Å². The fraction of sp³-hybridized carbons (Fsp3) is 0.500. The Morgan fingerprint density at radius 3 is 2.76 bits per heavy atom. The molecule has 0 spiro atoms. The van der Waals surface area contributed by atoms with E-state index in [9.17, 15) is 4.79 Å². The normalized spacial score (nSPS) is 11.0. The largest absolute Gasteiger partial charge is 0.356 e. The van der Waals surface area contributed by atoms with Crippen LogP contribution in [0.25, 0.3) is 10.9 Å². The van der Waals surface area contributed by atoms with Crippen LogP contribution in [0.5, 0.6) is 0 Å². The van der Waals surface area contributed by atoms with Crippen LogP contribution in [0.3, 0.4) is 0 Å². The van der Waals surface area contributed by atoms with Crippen LogP contribution >= 0.6 is 0 Å². The molecule has 0 fully saturated rings. The van der Waals surface area contributed by atoms with Gasteiger partial charge in [-0.2, -0.15) is 0 Å². The molecule has 114 valence electrons. The van der Waals surface area contributed by atoms with Gasteiger partial charge in [0, 0.05) is 36.6 Å². The molecule has 2 aromatic rings. The van der Waals surface area contributed by atoms with Crippen molar-refractivity contribution in [3.05, 3.63) is 35.5 Å². The van der Waals surface area contributed by atoms with E-state index in [1.165, 1.54) is 22.0 Å². The van der Waals surface area contributed by atoms with Crippen LogP contribution < -0.4 is 5.32 Å². The van der Waals surface area contributed by atoms with Crippen LogP contribution in [-0.4, -0.2) is 17.0 Å². The summed E-state index contributed by atoms with van der Waals surface area (Å²) < 4.78 is 2.33. The minimum absolute atomic E-state index is 0.158. The first kappa shape index (κ1) is 15.6. The van der Waals surface area contributed by atoms with E-state index in [-0.39, 0.29) is 5.91 Å². The molecule has 0 aliphatic heterocycles. The molecule has 3 nitrogen and oxygen atoms in total. The maximum Gasteiger partial charge on any atom is 0.219 e. The Balaban J connectivity index is 2.15. The van der Waals surface area contributed by atoms with Crippen LogP contribution in [0, 0.1) is 6.92 Å². The van der Waals surface area contributed by atoms with E-state index in [4.69, 9.17) is 0 Å². The van der Waals surface area contributed by atoms with Crippen molar-refractivity contribution in [2.75, 3.05) is 6.54 Å². The summed E-state index contributed by atoms with van der Waals surface area (Å²) in [4.78, 5) is 11.5. The van der Waals surface area contributed by atoms with Gasteiger partial charge in [-0.1, -0.05) is 25.5 Å². The highest BCUT2D eigenvalue weighted by Gasteiger charge is 2.08. The van der Waals surface area contributed by atoms with Gasteiger partial charge in [-0.3, -0.25) is 4.79 Å². The number of nitrogens with zero attached hydrogens (tertiary/aromatic N) is 1. The third-order valence-electron chi connectivity index (χ3n) is 3.78. The van der Waals surface area contributed by atoms with E-state index in [1.54, 1.807) is 0 Å². The van der Waals surface area contributed by atoms with E-state index >= 15 is 0 Å². The van der Waals surface area contributed by atoms with Crippen molar-refractivity contribution in [1.29, 1.82) is 0 Å². The minimum atomic E-state index is 0.158. The Morgan fingerprint density at radius 1 is 1.24 bits per heavy atom. The summed E-state index contributed by atoms with van der Waals surface area (Å²) >= 11 is 0. The second-order valence-electron chi connectivity index (χ2n) is 5.72. The first-order valence-electron chi connectivity index (χ1n) is 8.00. The smallest absolute Gasteiger partial charge is 0.219 e. The number of fused-ring (bicyclic) bond motifs is 1. The molecule has 0 atom stereocenters. The molecule has 0 radical (unpaired) electrons. The molecular weight excluding hydrogens is 260 g/mol. The molecule has 0 bridgehead atoms. The van der Waals surface area contributed by atoms with Gasteiger partial charge in [0.15, 0.2) is 0 Å². The lowest BCUT2D eigenvalue weighted by molar-refractivity contribution is -0.121. The van der Waals surface area contributed by atoms with E-state index < -0.39 is 0 Å². The number of hydrogen-bond acceptors (Lipinski definition) is 1. The predicted molar refractivity (Wildman–Crippen MR) is 88.6 cm³/mol. The number of aryl methyl sites for hydroxylation is 2. The Morgan fingerprint density at radius 2 is 2.05 bits per heavy atom. The van der Waals surface area contributed by atoms with Gasteiger partial charge in [0.1, 0.15) is 0 Å². The Hall–Kier alpha value is -1.77. The molecule has 0 aliphatic rings. The molecule has 21 heavy (non-hydrogen) atoms. The lowest BCUT2D eigenvalue weighted by Crippen LogP contribution is -2.25. The quantitative estimate of drug-likeness (QED) is 0.825. The molecular formula is C18H26N2O. The van der Waals surface area contributed by atoms with Crippen LogP contribution in [-0.2, 0) is 17.8 Å². The standard InChI is InChI=1S/C18H26N2O/c1-4-6-18(21)19-10-9-15-13-20(11-5-2)17-8-7-14(3)12-16(15)17/h7-8,12-13H,4-6,9-11H2,1-3H3,(H,19,21). The van der Waals surface area contributed by atoms with Gasteiger partial charge in [0.25, 0.3) is 0 Å². The minimum Gasteiger partial charge on any atom is -0.356 e. The third-order valence-corrected chi connectivity index (χ3v) is 3.78. The van der Waals surface area contributed by atoms with Crippen molar-refractivity contribution < 1.29 is 4.79 Å². The van der Waals surface area contributed by atoms with Gasteiger partial charge < -0.3 is 9.88 Å². The SMILES string of the molecule is CCCC(=O)NCCc1cn(CCC)c2ccc(C)cc12. The zero-order valence-corrected chi connectivity index (χ0v) is 13.4. The zero-order valence-electron chi connectivity index (χ0n) is 13.4. The Bertz CT molecular complexity index is 613. The monoisotopic (exact) mass is 286 g/mol. The maximum absolute atomic E-state index is 11.5. The summed E-state index contributed by atoms with van der Waals surface area (Å²) in [6.45, 7) is 8.12. The van der Waals surface area contributed by atoms with Crippen LogP contribution in [0.4, 0.5) is 0 Å². The molecule has 0 unspecified atom stereocenters. The number of carbonyl (C=O) groups is 1. The molecule has 2 rings (SSSR count). The summed E-state index contributed by atoms with van der Waals surface area (Å²) in [5.41, 5.74) is 3.92. The number of hydrogen-bond donors (Lipinski definition) is 1. The molecule has 1 amide bonds. The average Bonchev–Trinajstić information content (AvgIpc) is 2.77. The second-order valence-corrected chi connectivity index (χ2v) is 5.72. The van der Waals surface area contributed by atoms with Crippen LogP contribution in [0.1, 0.15) is 44.2 Å². The second kappa shape index (κ2) is 7.30. The number of carbonyl (C=O) groups excluding carboxylic acids is 1. The highest BCUT2D eigenvalue weighted by molar-refractivity contribution is 5.85. The predicted octanol–water partition coefficient (Wildman–Crippen LogP) is 3.82. The first-order chi connectivity index (χ1) is 10.2. The highest BCUT2D eigenvalue weighted by atomic mass is 16.1. The van der Waals surface area contributed by atoms with E-state index in [0.717, 1.165) is 32.4 Å². The van der Waals surface area contributed by atoms with Gasteiger partial charge >= 0.3 is 0 Å². The summed E-state index contributed by atoms with van der Waals surface area (Å²) in [5, 5.41) is 4.33. The zero-order chi connectivity index (χ0) is 15.2. The van der Waals surface area contributed by atoms with Gasteiger partial charge in [-0.15, -0.1) is 0 Å². The van der Waals surface area contributed by atoms with Crippen molar-refractivity contribution in [3.8, 4) is 0 Å². The maximum atomic E-state index is 11.5. The van der Waals surface area contributed by atoms with E-state index in [0.29, 0.717) is 6.42 Å². The van der Waals surface area contributed by atoms with Crippen molar-refractivity contribution in [2.24, 2.45) is 0 Å². The number of aromatic nitrogens is 1. The van der Waals surface area contributed by atoms with Gasteiger partial charge in [-0.05, 0) is 43.9 Å². The van der Waals surface area contributed by atoms with Gasteiger partial charge in [0.05, 0.1) is 0 Å². The summed E-state index contributed by atoms with van der Waals surface area (Å²) in [5.74, 6) is 0.158. The fourth-order valence-corrected chi connectivity index (χ4v) is 2.76. The van der Waals surface area contributed by atoms with Crippen molar-refractivity contribution in [3.63, 3.8) is 0 Å². The first-order valence-corrected chi connectivity index (χ1v) is 8.00. The molecule has 1 aromatic heterocycles. The molecule has 0 aliphatic carbocycles. The van der Waals surface area contributed by atoms with Gasteiger partial charge in [-0.25, -0.2) is 0 Å². The molecule has 1 N–H and O–H groups in total. The number of rotatable bonds is 7. The topological polar surface area (TPSA) is 34.0 Å². The molecule has 0 saturated heterocycles. The third kappa shape index (κ3) is 3.87. The molecule has 1 aromatic carbocycles. The lowest BCUT2D eigenvalue weighted by Gasteiger charge is -2.03. The van der Waals surface area contributed by atoms with Crippen molar-refractivity contribution in [1.82, 2.24) is 9.88 Å². The Labute approximate surface area is 127 Å². The highest BCUT2D eigenvalue weighted by Crippen LogP contribution is 2.23. The lowest BCUT2D eigenvalue weighted by atomic mass is 10.1. The Kier molecular flexibility index (Phi) is 5.43. The molecule has 0 saturated carbocycles. The van der Waals surface area contributed by atoms with E-state index in [2.05, 4.69) is 48.1 Å². The summed E-state index contributed by atoms with van der Waals surface area (Å²) in [7, 11) is 0. The number of amides is 1. The number of nitrogens with one attached hydrogen (secondary N) is 1. The summed E-state index contributed by atoms with van der Waals surface area (Å²) in [6, 6.07) is 6.63. The van der Waals surface area contributed by atoms with Crippen LogP contribution in [0.2, 0.25) is 0 Å². The summed E-state index contributed by atoms with van der Waals surface area (Å²) in [6.07, 6.45) is 5.80. The van der Waals surface area contributed by atoms with Crippen molar-refractivity contribution >= 4 is 16.8 Å². The van der Waals surface area contributed by atoms with Crippen molar-refractivity contribution in [2.45, 2.75) is 53.0 Å².